The topological polar surface area (TPSA) is 260 Å². The van der Waals surface area contributed by atoms with Crippen LogP contribution in [0.3, 0.4) is 0 Å². The molecule has 0 unspecified atom stereocenters. The van der Waals surface area contributed by atoms with E-state index >= 15 is 0 Å². The molecule has 3 saturated heterocycles. The molecule has 572 valence electrons. The minimum atomic E-state index is -6.18. The van der Waals surface area contributed by atoms with Crippen molar-refractivity contribution in [1.82, 2.24) is 40.4 Å². The van der Waals surface area contributed by atoms with Crippen LogP contribution in [-0.2, 0) is 39.0 Å². The number of sulfone groups is 1. The number of nitrogens with one attached hydrogen (secondary N) is 5. The van der Waals surface area contributed by atoms with Crippen molar-refractivity contribution >= 4 is 101 Å². The summed E-state index contributed by atoms with van der Waals surface area (Å²) in [5, 5.41) is 23.5. The zero-order valence-electron chi connectivity index (χ0n) is 61.1. The SMILES string of the molecule is Cc1ncsc1-c1ccc([C@H](C)NC(=O)[C@@H]2C[C@@H](O)CN2C(=O)[C@@H](NC(=O)CCCCCCC(=O)N[C@H]2CCN(CC[C@H](CSc3ccccc3)Nc3ccc(S(=O)(=O)NC(=O)c4ccc(N5CCN(CC6=C(c7ccc(Cl)cc7)CCC(C)(C)C6)CC5)cc4)cc3S(=O)(=O)C(F)(F)F)C2)C(C)(C)C)cc1. The summed E-state index contributed by atoms with van der Waals surface area (Å²) in [4.78, 5) is 80.5. The van der Waals surface area contributed by atoms with Gasteiger partial charge in [-0.15, -0.1) is 23.1 Å². The molecule has 3 fully saturated rings. The number of aliphatic hydroxyl groups excluding tert-OH is 1. The average molecular weight is 1560 g/mol. The van der Waals surface area contributed by atoms with Gasteiger partial charge in [-0.05, 0) is 159 Å². The zero-order valence-corrected chi connectivity index (χ0v) is 65.2. The van der Waals surface area contributed by atoms with Crippen LogP contribution in [0.25, 0.3) is 16.0 Å². The summed E-state index contributed by atoms with van der Waals surface area (Å²) >= 11 is 9.17. The van der Waals surface area contributed by atoms with Crippen molar-refractivity contribution in [2.45, 2.75) is 182 Å². The fourth-order valence-electron chi connectivity index (χ4n) is 14.3. The van der Waals surface area contributed by atoms with E-state index in [1.54, 1.807) is 29.0 Å². The lowest BCUT2D eigenvalue weighted by molar-refractivity contribution is -0.144. The van der Waals surface area contributed by atoms with Gasteiger partial charge >= 0.3 is 5.51 Å². The van der Waals surface area contributed by atoms with E-state index in [1.807, 2.05) is 106 Å². The Morgan fingerprint density at radius 3 is 2.11 bits per heavy atom. The molecule has 6 atom stereocenters. The van der Waals surface area contributed by atoms with Gasteiger partial charge in [-0.1, -0.05) is 119 Å². The lowest BCUT2D eigenvalue weighted by Gasteiger charge is -2.39. The Morgan fingerprint density at radius 1 is 0.792 bits per heavy atom. The number of allylic oxidation sites excluding steroid dienone is 1. The van der Waals surface area contributed by atoms with Gasteiger partial charge in [-0.25, -0.2) is 26.5 Å². The van der Waals surface area contributed by atoms with Crippen molar-refractivity contribution in [3.8, 4) is 10.4 Å². The number of hydrogen-bond acceptors (Lipinski definition) is 17. The summed E-state index contributed by atoms with van der Waals surface area (Å²) in [6, 6.07) is 30.6. The summed E-state index contributed by atoms with van der Waals surface area (Å²) < 4.78 is 100. The van der Waals surface area contributed by atoms with Crippen LogP contribution in [0.5, 0.6) is 0 Å². The number of nitrogens with zero attached hydrogens (tertiary/aromatic N) is 5. The highest BCUT2D eigenvalue weighted by molar-refractivity contribution is 7.99. The zero-order chi connectivity index (χ0) is 76.3. The maximum Gasteiger partial charge on any atom is 0.501 e. The molecule has 0 radical (unpaired) electrons. The van der Waals surface area contributed by atoms with Crippen LogP contribution in [-0.4, -0.2) is 172 Å². The summed E-state index contributed by atoms with van der Waals surface area (Å²) in [5.74, 6) is -2.13. The van der Waals surface area contributed by atoms with Crippen molar-refractivity contribution < 1.29 is 59.1 Å². The number of benzene rings is 5. The number of amides is 5. The molecule has 1 aromatic heterocycles. The van der Waals surface area contributed by atoms with Crippen LogP contribution in [0.15, 0.2) is 147 Å². The van der Waals surface area contributed by atoms with Gasteiger partial charge in [0.15, 0.2) is 0 Å². The number of piperazine rings is 1. The minimum absolute atomic E-state index is 0.0409. The van der Waals surface area contributed by atoms with E-state index in [0.717, 1.165) is 83.3 Å². The molecule has 1 aliphatic carbocycles. The number of carbonyl (C=O) groups is 5. The average Bonchev–Trinajstić information content (AvgIpc) is 0.922. The van der Waals surface area contributed by atoms with Crippen LogP contribution in [0, 0.1) is 17.8 Å². The minimum Gasteiger partial charge on any atom is -0.391 e. The molecule has 4 heterocycles. The number of halogens is 4. The number of unbranched alkanes of at least 4 members (excludes halogenated alkanes) is 3. The second-order valence-corrected chi connectivity index (χ2v) is 36.2. The van der Waals surface area contributed by atoms with Crippen molar-refractivity contribution in [2.75, 3.05) is 74.9 Å². The number of β-amino-alcohol motifs (C(OH)–C–C–N with tert-alkyl or cyclic N) is 1. The summed E-state index contributed by atoms with van der Waals surface area (Å²) in [6.07, 6.45) is 5.89. The normalized spacial score (nSPS) is 19.2. The molecular weight excluding hydrogens is 1460 g/mol. The smallest absolute Gasteiger partial charge is 0.391 e. The maximum atomic E-state index is 14.6. The monoisotopic (exact) mass is 1550 g/mol. The lowest BCUT2D eigenvalue weighted by Crippen LogP contribution is -2.57. The number of aryl methyl sites for hydroxylation is 1. The quantitative estimate of drug-likeness (QED) is 0.0181. The molecule has 3 aliphatic heterocycles. The molecule has 5 amide bonds. The lowest BCUT2D eigenvalue weighted by atomic mass is 9.73. The van der Waals surface area contributed by atoms with Gasteiger partial charge < -0.3 is 41.1 Å². The first kappa shape index (κ1) is 81.2. The first-order valence-corrected chi connectivity index (χ1v) is 41.5. The summed E-state index contributed by atoms with van der Waals surface area (Å²) in [7, 11) is -11.1. The van der Waals surface area contributed by atoms with Gasteiger partial charge in [0.1, 0.15) is 17.0 Å². The number of thioether (sulfide) groups is 1. The summed E-state index contributed by atoms with van der Waals surface area (Å²) in [5.41, 5.74) is 2.55. The highest BCUT2D eigenvalue weighted by Crippen LogP contribution is 2.44. The second-order valence-electron chi connectivity index (χ2n) is 30.2. The Kier molecular flexibility index (Phi) is 27.0. The first-order chi connectivity index (χ1) is 50.2. The highest BCUT2D eigenvalue weighted by atomic mass is 35.5. The molecule has 106 heavy (non-hydrogen) atoms. The van der Waals surface area contributed by atoms with Gasteiger partial charge in [0, 0.05) is 117 Å². The summed E-state index contributed by atoms with van der Waals surface area (Å²) in [6.45, 7) is 19.2. The molecule has 4 aliphatic rings. The standard InChI is InChI=1S/C78H98ClF3N10O10S4/c1-51(53-19-21-55(22-20-53)71-52(2)83-50-104-71)84-74(97)67-43-62(93)48-92(67)75(98)72(76(3,4)5)87-70(95)18-14-9-8-13-17-69(94)86-59-34-37-89(47-59)38-35-60(49-103-63-15-11-10-12-16-63)85-66-32-31-64(44-68(66)105(99,100)78(80,81)82)106(101,102)88-73(96)56-25-29-61(30-26-56)91-41-39-90(40-42-91)46-57-45-77(6,7)36-33-65(57)54-23-27-58(79)28-24-54/h10-12,15-16,19-32,44,50-51,59-60,62,67,72,85,93H,8-9,13-14,17-18,33-43,45-49H2,1-7H3,(H,84,97)(H,86,94)(H,87,95)(H,88,96)/t51-,59-,60+,62+,67-,72+/m0/s1. The van der Waals surface area contributed by atoms with E-state index in [9.17, 15) is 59.1 Å². The number of hydrogen-bond donors (Lipinski definition) is 6. The fraction of sp³-hybridized carbons (Fsp3) is 0.487. The Morgan fingerprint density at radius 2 is 1.46 bits per heavy atom. The Labute approximate surface area is 634 Å². The second kappa shape index (κ2) is 35.3. The van der Waals surface area contributed by atoms with Crippen molar-refractivity contribution in [3.63, 3.8) is 0 Å². The number of anilines is 2. The van der Waals surface area contributed by atoms with Crippen LogP contribution in [0.2, 0.25) is 5.02 Å². The number of likely N-dealkylation sites (tertiary alicyclic amines) is 2. The predicted octanol–water partition coefficient (Wildman–Crippen LogP) is 12.8. The van der Waals surface area contributed by atoms with Gasteiger partial charge in [0.05, 0.1) is 38.8 Å². The number of alkyl halides is 3. The fourth-order valence-corrected chi connectivity index (χ4v) is 18.2. The van der Waals surface area contributed by atoms with Gasteiger partial charge in [-0.3, -0.25) is 28.9 Å². The predicted molar refractivity (Wildman–Crippen MR) is 412 cm³/mol. The number of aromatic nitrogens is 1. The molecular formula is C78H98ClF3N10O10S4. The van der Waals surface area contributed by atoms with E-state index in [-0.39, 0.29) is 60.4 Å². The van der Waals surface area contributed by atoms with E-state index in [4.69, 9.17) is 11.6 Å². The van der Waals surface area contributed by atoms with Crippen LogP contribution in [0.4, 0.5) is 24.5 Å². The van der Waals surface area contributed by atoms with Crippen LogP contribution < -0.4 is 30.9 Å². The molecule has 0 spiro atoms. The molecule has 6 N–H and O–H groups in total. The van der Waals surface area contributed by atoms with Gasteiger partial charge in [0.2, 0.25) is 23.6 Å². The van der Waals surface area contributed by atoms with Crippen molar-refractivity contribution in [2.24, 2.45) is 10.8 Å². The molecule has 6 aromatic rings. The Hall–Kier alpha value is -7.37. The molecule has 10 rings (SSSR count). The van der Waals surface area contributed by atoms with E-state index in [2.05, 4.69) is 66.9 Å². The number of aliphatic hydroxyl groups is 1. The van der Waals surface area contributed by atoms with E-state index < -0.39 is 94.3 Å². The van der Waals surface area contributed by atoms with E-state index in [0.29, 0.717) is 82.3 Å². The molecule has 5 aromatic carbocycles. The molecule has 0 saturated carbocycles. The molecule has 0 bridgehead atoms. The van der Waals surface area contributed by atoms with Crippen molar-refractivity contribution in [3.05, 3.63) is 160 Å². The third-order valence-electron chi connectivity index (χ3n) is 20.3. The number of sulfonamides is 1. The number of rotatable bonds is 30. The van der Waals surface area contributed by atoms with Crippen molar-refractivity contribution in [1.29, 1.82) is 0 Å². The van der Waals surface area contributed by atoms with E-state index in [1.165, 1.54) is 45.5 Å². The van der Waals surface area contributed by atoms with Gasteiger partial charge in [-0.2, -0.15) is 13.2 Å². The van der Waals surface area contributed by atoms with Gasteiger partial charge in [0.25, 0.3) is 25.8 Å². The molecule has 28 heteroatoms. The third kappa shape index (κ3) is 21.5. The van der Waals surface area contributed by atoms with Crippen LogP contribution in [0.1, 0.15) is 152 Å². The first-order valence-electron chi connectivity index (χ1n) is 36.3. The largest absolute Gasteiger partial charge is 0.501 e. The number of carbonyl (C=O) groups excluding carboxylic acids is 5. The number of thiazole rings is 1. The van der Waals surface area contributed by atoms with Crippen LogP contribution >= 0.6 is 34.7 Å². The highest BCUT2D eigenvalue weighted by Gasteiger charge is 2.49. The third-order valence-corrected chi connectivity index (χ3v) is 25.6. The Bertz CT molecular complexity index is 4330. The Balaban J connectivity index is 0.679. The molecule has 20 nitrogen and oxygen atoms in total. The maximum absolute atomic E-state index is 14.6.